The van der Waals surface area contributed by atoms with Crippen LogP contribution in [-0.4, -0.2) is 21.6 Å². The molecule has 1 unspecified atom stereocenters. The molecule has 0 aliphatic rings. The number of aliphatic hydroxyl groups is 1. The van der Waals surface area contributed by atoms with Gasteiger partial charge in [0.25, 0.3) is 11.9 Å². The highest BCUT2D eigenvalue weighted by atomic mass is 16.6. The van der Waals surface area contributed by atoms with Gasteiger partial charge in [-0.15, -0.1) is 0 Å². The second-order valence-electron chi connectivity index (χ2n) is 3.33. The molecule has 0 aliphatic carbocycles. The highest BCUT2D eigenvalue weighted by Gasteiger charge is 2.28. The Morgan fingerprint density at radius 1 is 1.50 bits per heavy atom. The van der Waals surface area contributed by atoms with Crippen molar-refractivity contribution in [2.24, 2.45) is 0 Å². The Hall–Kier alpha value is -1.95. The van der Waals surface area contributed by atoms with Gasteiger partial charge in [0.05, 0.1) is 6.61 Å². The molecule has 1 N–H and O–H groups in total. The van der Waals surface area contributed by atoms with Gasteiger partial charge in [-0.2, -0.15) is 0 Å². The molecule has 0 saturated carbocycles. The molecule has 2 rings (SSSR count). The van der Waals surface area contributed by atoms with Crippen LogP contribution in [0.5, 0.6) is 0 Å². The van der Waals surface area contributed by atoms with Crippen molar-refractivity contribution in [3.63, 3.8) is 0 Å². The number of nitrogens with zero attached hydrogens (tertiary/aromatic N) is 2. The van der Waals surface area contributed by atoms with Gasteiger partial charge in [-0.3, -0.25) is 10.1 Å². The van der Waals surface area contributed by atoms with E-state index in [2.05, 4.69) is 4.98 Å². The first kappa shape index (κ1) is 10.6. The molecule has 1 aromatic carbocycles. The lowest BCUT2D eigenvalue weighted by atomic mass is 10.2. The summed E-state index contributed by atoms with van der Waals surface area (Å²) in [7, 11) is 0. The van der Waals surface area contributed by atoms with Crippen molar-refractivity contribution in [2.45, 2.75) is 12.5 Å². The van der Waals surface area contributed by atoms with E-state index < -0.39 is 11.0 Å². The van der Waals surface area contributed by atoms with E-state index in [1.54, 1.807) is 24.3 Å². The van der Waals surface area contributed by atoms with Crippen molar-refractivity contribution in [2.75, 3.05) is 6.61 Å². The monoisotopic (exact) mass is 222 g/mol. The van der Waals surface area contributed by atoms with E-state index in [-0.39, 0.29) is 18.9 Å². The van der Waals surface area contributed by atoms with Crippen LogP contribution < -0.4 is 0 Å². The third kappa shape index (κ3) is 1.87. The Balaban J connectivity index is 2.40. The largest absolute Gasteiger partial charge is 0.434 e. The molecule has 0 saturated heterocycles. The second-order valence-corrected chi connectivity index (χ2v) is 3.33. The molecule has 2 aromatic rings. The zero-order valence-electron chi connectivity index (χ0n) is 8.37. The smallest absolute Gasteiger partial charge is 0.289 e. The van der Waals surface area contributed by atoms with Crippen molar-refractivity contribution in [1.82, 2.24) is 4.98 Å². The quantitative estimate of drug-likeness (QED) is 0.625. The van der Waals surface area contributed by atoms with Gasteiger partial charge >= 0.3 is 0 Å². The molecule has 0 aliphatic heterocycles. The number of oxazole rings is 1. The van der Waals surface area contributed by atoms with E-state index in [0.717, 1.165) is 0 Å². The lowest BCUT2D eigenvalue weighted by molar-refractivity contribution is -0.534. The fourth-order valence-electron chi connectivity index (χ4n) is 1.47. The molecule has 6 heteroatoms. The number of rotatable bonds is 4. The van der Waals surface area contributed by atoms with Gasteiger partial charge in [0, 0.05) is 11.3 Å². The standard InChI is InChI=1S/C10H10N2O4/c13-6-5-8(12(14)15)10-11-7-3-1-2-4-9(7)16-10/h1-4,8,13H,5-6H2. The SMILES string of the molecule is O=[N+]([O-])C(CCO)c1nc2ccccc2o1. The van der Waals surface area contributed by atoms with Gasteiger partial charge in [-0.1, -0.05) is 12.1 Å². The minimum Gasteiger partial charge on any atom is -0.434 e. The highest BCUT2D eigenvalue weighted by Crippen LogP contribution is 2.23. The molecule has 16 heavy (non-hydrogen) atoms. The molecule has 1 atom stereocenters. The predicted octanol–water partition coefficient (Wildman–Crippen LogP) is 1.53. The first-order valence-corrected chi connectivity index (χ1v) is 4.82. The summed E-state index contributed by atoms with van der Waals surface area (Å²) in [5.74, 6) is 0.0419. The predicted molar refractivity (Wildman–Crippen MR) is 55.4 cm³/mol. The summed E-state index contributed by atoms with van der Waals surface area (Å²) >= 11 is 0. The van der Waals surface area contributed by atoms with Gasteiger partial charge in [0.1, 0.15) is 5.52 Å². The van der Waals surface area contributed by atoms with Crippen molar-refractivity contribution < 1.29 is 14.4 Å². The molecule has 0 fully saturated rings. The minimum atomic E-state index is -1.09. The van der Waals surface area contributed by atoms with Crippen LogP contribution in [0.25, 0.3) is 11.1 Å². The van der Waals surface area contributed by atoms with Crippen molar-refractivity contribution in [3.8, 4) is 0 Å². The molecule has 0 radical (unpaired) electrons. The summed E-state index contributed by atoms with van der Waals surface area (Å²) in [6.45, 7) is -0.273. The molecular weight excluding hydrogens is 212 g/mol. The first-order chi connectivity index (χ1) is 7.72. The lowest BCUT2D eigenvalue weighted by Crippen LogP contribution is -2.12. The third-order valence-corrected chi connectivity index (χ3v) is 2.25. The average molecular weight is 222 g/mol. The lowest BCUT2D eigenvalue weighted by Gasteiger charge is -2.02. The molecular formula is C10H10N2O4. The van der Waals surface area contributed by atoms with Crippen molar-refractivity contribution in [3.05, 3.63) is 40.3 Å². The van der Waals surface area contributed by atoms with Gasteiger partial charge in [0.15, 0.2) is 5.58 Å². The number of benzene rings is 1. The van der Waals surface area contributed by atoms with Crippen LogP contribution in [0.1, 0.15) is 18.4 Å². The van der Waals surface area contributed by atoms with Gasteiger partial charge < -0.3 is 9.52 Å². The number of nitro groups is 1. The summed E-state index contributed by atoms with van der Waals surface area (Å²) in [6, 6.07) is 5.88. The van der Waals surface area contributed by atoms with E-state index >= 15 is 0 Å². The van der Waals surface area contributed by atoms with Crippen LogP contribution in [0, 0.1) is 10.1 Å². The number of para-hydroxylation sites is 2. The van der Waals surface area contributed by atoms with E-state index in [1.165, 1.54) is 0 Å². The molecule has 1 aromatic heterocycles. The van der Waals surface area contributed by atoms with E-state index in [0.29, 0.717) is 11.1 Å². The number of hydrogen-bond acceptors (Lipinski definition) is 5. The van der Waals surface area contributed by atoms with E-state index in [1.807, 2.05) is 0 Å². The average Bonchev–Trinajstić information content (AvgIpc) is 2.68. The topological polar surface area (TPSA) is 89.4 Å². The van der Waals surface area contributed by atoms with Crippen LogP contribution >= 0.6 is 0 Å². The summed E-state index contributed by atoms with van der Waals surface area (Å²) in [5, 5.41) is 19.5. The first-order valence-electron chi connectivity index (χ1n) is 4.82. The summed E-state index contributed by atoms with van der Waals surface area (Å²) < 4.78 is 5.28. The van der Waals surface area contributed by atoms with Gasteiger partial charge in [-0.25, -0.2) is 4.98 Å². The second kappa shape index (κ2) is 4.28. The Morgan fingerprint density at radius 2 is 2.25 bits per heavy atom. The molecule has 1 heterocycles. The number of aromatic nitrogens is 1. The van der Waals surface area contributed by atoms with Crippen molar-refractivity contribution in [1.29, 1.82) is 0 Å². The molecule has 0 spiro atoms. The Labute approximate surface area is 90.7 Å². The maximum absolute atomic E-state index is 10.8. The minimum absolute atomic E-state index is 0.000177. The summed E-state index contributed by atoms with van der Waals surface area (Å²) in [5.41, 5.74) is 1.10. The fourth-order valence-corrected chi connectivity index (χ4v) is 1.47. The number of fused-ring (bicyclic) bond motifs is 1. The maximum Gasteiger partial charge on any atom is 0.289 e. The van der Waals surface area contributed by atoms with Gasteiger partial charge in [-0.05, 0) is 12.1 Å². The van der Waals surface area contributed by atoms with Crippen LogP contribution in [0.15, 0.2) is 28.7 Å². The zero-order chi connectivity index (χ0) is 11.5. The Morgan fingerprint density at radius 3 is 2.88 bits per heavy atom. The zero-order valence-corrected chi connectivity index (χ0v) is 8.37. The maximum atomic E-state index is 10.8. The molecule has 0 bridgehead atoms. The van der Waals surface area contributed by atoms with Crippen molar-refractivity contribution >= 4 is 11.1 Å². The molecule has 6 nitrogen and oxygen atoms in total. The fraction of sp³-hybridized carbons (Fsp3) is 0.300. The summed E-state index contributed by atoms with van der Waals surface area (Å²) in [6.07, 6.45) is -0.000177. The van der Waals surface area contributed by atoms with Crippen LogP contribution in [0.2, 0.25) is 0 Å². The third-order valence-electron chi connectivity index (χ3n) is 2.25. The van der Waals surface area contributed by atoms with E-state index in [4.69, 9.17) is 9.52 Å². The highest BCUT2D eigenvalue weighted by molar-refractivity contribution is 5.72. The Kier molecular flexibility index (Phi) is 2.82. The number of hydrogen-bond donors (Lipinski definition) is 1. The normalized spacial score (nSPS) is 12.8. The van der Waals surface area contributed by atoms with Crippen LogP contribution in [-0.2, 0) is 0 Å². The molecule has 84 valence electrons. The van der Waals surface area contributed by atoms with Crippen LogP contribution in [0.4, 0.5) is 0 Å². The Bertz CT molecular complexity index is 475. The number of aliphatic hydroxyl groups excluding tert-OH is 1. The van der Waals surface area contributed by atoms with Gasteiger partial charge in [0.2, 0.25) is 0 Å². The summed E-state index contributed by atoms with van der Waals surface area (Å²) in [4.78, 5) is 14.3. The van der Waals surface area contributed by atoms with E-state index in [9.17, 15) is 10.1 Å². The molecule has 0 amide bonds. The van der Waals surface area contributed by atoms with Crippen LogP contribution in [0.3, 0.4) is 0 Å².